The minimum atomic E-state index is 0.161. The highest BCUT2D eigenvalue weighted by Gasteiger charge is 2.27. The zero-order valence-corrected chi connectivity index (χ0v) is 13.8. The Morgan fingerprint density at radius 2 is 1.83 bits per heavy atom. The molecule has 0 atom stereocenters. The molecule has 4 rings (SSSR count). The van der Waals surface area contributed by atoms with Crippen LogP contribution in [0.1, 0.15) is 47.2 Å². The van der Waals surface area contributed by atoms with Crippen LogP contribution in [0.2, 0.25) is 0 Å². The smallest absolute Gasteiger partial charge is 0.254 e. The van der Waals surface area contributed by atoms with Crippen molar-refractivity contribution in [3.8, 4) is 0 Å². The van der Waals surface area contributed by atoms with E-state index in [-0.39, 0.29) is 5.91 Å². The summed E-state index contributed by atoms with van der Waals surface area (Å²) in [6.45, 7) is 4.95. The van der Waals surface area contributed by atoms with Crippen molar-refractivity contribution in [3.05, 3.63) is 34.9 Å². The van der Waals surface area contributed by atoms with Crippen LogP contribution in [0.4, 0.5) is 0 Å². The molecule has 4 heteroatoms. The predicted molar refractivity (Wildman–Crippen MR) is 89.5 cm³/mol. The topological polar surface area (TPSA) is 32.8 Å². The minimum Gasteiger partial charge on any atom is -0.378 e. The number of benzene rings is 1. The molecule has 1 amide bonds. The maximum absolute atomic E-state index is 12.6. The van der Waals surface area contributed by atoms with Crippen molar-refractivity contribution in [2.45, 2.75) is 44.7 Å². The molecule has 0 spiro atoms. The Hall–Kier alpha value is -1.39. The van der Waals surface area contributed by atoms with Crippen LogP contribution >= 0.6 is 0 Å². The lowest BCUT2D eigenvalue weighted by Crippen LogP contribution is -2.41. The van der Waals surface area contributed by atoms with E-state index < -0.39 is 0 Å². The van der Waals surface area contributed by atoms with Crippen molar-refractivity contribution in [1.29, 1.82) is 0 Å². The lowest BCUT2D eigenvalue weighted by molar-refractivity contribution is 0.0302. The molecule has 1 aromatic carbocycles. The van der Waals surface area contributed by atoms with Crippen LogP contribution in [0.5, 0.6) is 0 Å². The lowest BCUT2D eigenvalue weighted by Gasteiger charge is -2.34. The van der Waals surface area contributed by atoms with Crippen LogP contribution in [-0.2, 0) is 17.7 Å². The first-order chi connectivity index (χ1) is 11.3. The molecule has 1 saturated heterocycles. The molecule has 2 heterocycles. The summed E-state index contributed by atoms with van der Waals surface area (Å²) >= 11 is 0. The average Bonchev–Trinajstić information content (AvgIpc) is 3.15. The second-order valence-electron chi connectivity index (χ2n) is 7.05. The van der Waals surface area contributed by atoms with Gasteiger partial charge in [-0.3, -0.25) is 9.69 Å². The Kier molecular flexibility index (Phi) is 4.36. The van der Waals surface area contributed by atoms with Gasteiger partial charge in [0, 0.05) is 37.8 Å². The number of morpholine rings is 1. The lowest BCUT2D eigenvalue weighted by atomic mass is 9.95. The van der Waals surface area contributed by atoms with Gasteiger partial charge in [-0.2, -0.15) is 0 Å². The average molecular weight is 314 g/mol. The third-order valence-electron chi connectivity index (χ3n) is 5.63. The Morgan fingerprint density at radius 3 is 2.61 bits per heavy atom. The quantitative estimate of drug-likeness (QED) is 0.841. The number of ether oxygens (including phenoxy) is 1. The Balaban J connectivity index is 1.47. The van der Waals surface area contributed by atoms with Gasteiger partial charge < -0.3 is 9.64 Å². The van der Waals surface area contributed by atoms with Crippen LogP contribution in [-0.4, -0.2) is 54.6 Å². The summed E-state index contributed by atoms with van der Waals surface area (Å²) < 4.78 is 5.34. The fourth-order valence-corrected chi connectivity index (χ4v) is 4.24. The van der Waals surface area contributed by atoms with Crippen LogP contribution in [0.25, 0.3) is 0 Å². The highest BCUT2D eigenvalue weighted by molar-refractivity contribution is 5.94. The van der Waals surface area contributed by atoms with Gasteiger partial charge in [-0.1, -0.05) is 18.9 Å². The van der Waals surface area contributed by atoms with Gasteiger partial charge >= 0.3 is 0 Å². The zero-order valence-electron chi connectivity index (χ0n) is 13.8. The molecule has 124 valence electrons. The molecular formula is C19H26N2O2. The van der Waals surface area contributed by atoms with E-state index in [1.807, 2.05) is 11.0 Å². The summed E-state index contributed by atoms with van der Waals surface area (Å²) in [5.74, 6) is 0.161. The normalized spacial score (nSPS) is 23.0. The first-order valence-corrected chi connectivity index (χ1v) is 9.04. The highest BCUT2D eigenvalue weighted by Crippen LogP contribution is 2.29. The number of carbonyl (C=O) groups is 1. The molecule has 1 saturated carbocycles. The molecule has 1 aromatic rings. The van der Waals surface area contributed by atoms with Crippen molar-refractivity contribution >= 4 is 5.91 Å². The van der Waals surface area contributed by atoms with Crippen LogP contribution in [0, 0.1) is 0 Å². The molecule has 1 aliphatic carbocycles. The minimum absolute atomic E-state index is 0.161. The second kappa shape index (κ2) is 6.62. The fraction of sp³-hybridized carbons (Fsp3) is 0.632. The molecule has 0 unspecified atom stereocenters. The molecule has 2 fully saturated rings. The fourth-order valence-electron chi connectivity index (χ4n) is 4.24. The Morgan fingerprint density at radius 1 is 1.04 bits per heavy atom. The van der Waals surface area contributed by atoms with Gasteiger partial charge in [-0.15, -0.1) is 0 Å². The summed E-state index contributed by atoms with van der Waals surface area (Å²) in [6, 6.07) is 7.13. The summed E-state index contributed by atoms with van der Waals surface area (Å²) in [5.41, 5.74) is 3.64. The van der Waals surface area contributed by atoms with Crippen LogP contribution in [0.15, 0.2) is 18.2 Å². The van der Waals surface area contributed by atoms with Gasteiger partial charge in [0.05, 0.1) is 13.2 Å². The first-order valence-electron chi connectivity index (χ1n) is 9.04. The number of rotatable bonds is 2. The molecule has 0 bridgehead atoms. The number of carbonyl (C=O) groups excluding carboxylic acids is 1. The van der Waals surface area contributed by atoms with Crippen LogP contribution in [0.3, 0.4) is 0 Å². The third-order valence-corrected chi connectivity index (χ3v) is 5.63. The van der Waals surface area contributed by atoms with Gasteiger partial charge in [0.1, 0.15) is 0 Å². The van der Waals surface area contributed by atoms with E-state index in [1.165, 1.54) is 36.8 Å². The van der Waals surface area contributed by atoms with E-state index in [0.29, 0.717) is 26.3 Å². The SMILES string of the molecule is O=C(c1ccc2c(c1)CCN(C1CCCC1)C2)N1CCOCC1. The van der Waals surface area contributed by atoms with E-state index in [4.69, 9.17) is 4.74 Å². The third kappa shape index (κ3) is 3.15. The second-order valence-corrected chi connectivity index (χ2v) is 7.05. The predicted octanol–water partition coefficient (Wildman–Crippen LogP) is 2.46. The zero-order chi connectivity index (χ0) is 15.6. The number of amides is 1. The number of hydrogen-bond donors (Lipinski definition) is 0. The molecule has 4 nitrogen and oxygen atoms in total. The van der Waals surface area contributed by atoms with Crippen molar-refractivity contribution in [2.24, 2.45) is 0 Å². The van der Waals surface area contributed by atoms with E-state index in [1.54, 1.807) is 0 Å². The van der Waals surface area contributed by atoms with Crippen molar-refractivity contribution in [2.75, 3.05) is 32.8 Å². The summed E-state index contributed by atoms with van der Waals surface area (Å²) in [6.07, 6.45) is 6.59. The molecule has 3 aliphatic rings. The van der Waals surface area contributed by atoms with Gasteiger partial charge in [0.15, 0.2) is 0 Å². The van der Waals surface area contributed by atoms with Gasteiger partial charge in [-0.25, -0.2) is 0 Å². The Labute approximate surface area is 138 Å². The van der Waals surface area contributed by atoms with Gasteiger partial charge in [0.2, 0.25) is 0 Å². The van der Waals surface area contributed by atoms with E-state index in [2.05, 4.69) is 17.0 Å². The standard InChI is InChI=1S/C19H26N2O2/c22-19(20-9-11-23-12-10-20)16-5-6-17-14-21(8-7-15(17)13-16)18-3-1-2-4-18/h5-6,13,18H,1-4,7-12,14H2. The number of hydrogen-bond acceptors (Lipinski definition) is 3. The van der Waals surface area contributed by atoms with E-state index >= 15 is 0 Å². The first kappa shape index (κ1) is 15.2. The number of fused-ring (bicyclic) bond motifs is 1. The molecule has 23 heavy (non-hydrogen) atoms. The summed E-state index contributed by atoms with van der Waals surface area (Å²) in [7, 11) is 0. The van der Waals surface area contributed by atoms with Gasteiger partial charge in [-0.05, 0) is 42.5 Å². The van der Waals surface area contributed by atoms with Gasteiger partial charge in [0.25, 0.3) is 5.91 Å². The molecular weight excluding hydrogens is 288 g/mol. The summed E-state index contributed by atoms with van der Waals surface area (Å²) in [4.78, 5) is 17.2. The maximum Gasteiger partial charge on any atom is 0.254 e. The molecule has 2 aliphatic heterocycles. The highest BCUT2D eigenvalue weighted by atomic mass is 16.5. The van der Waals surface area contributed by atoms with Crippen molar-refractivity contribution in [3.63, 3.8) is 0 Å². The maximum atomic E-state index is 12.6. The molecule has 0 radical (unpaired) electrons. The van der Waals surface area contributed by atoms with Crippen molar-refractivity contribution < 1.29 is 9.53 Å². The van der Waals surface area contributed by atoms with Crippen molar-refractivity contribution in [1.82, 2.24) is 9.80 Å². The van der Waals surface area contributed by atoms with E-state index in [9.17, 15) is 4.79 Å². The monoisotopic (exact) mass is 314 g/mol. The summed E-state index contributed by atoms with van der Waals surface area (Å²) in [5, 5.41) is 0. The van der Waals surface area contributed by atoms with Crippen LogP contribution < -0.4 is 0 Å². The molecule has 0 N–H and O–H groups in total. The largest absolute Gasteiger partial charge is 0.378 e. The Bertz CT molecular complexity index is 575. The van der Waals surface area contributed by atoms with E-state index in [0.717, 1.165) is 31.1 Å². The molecule has 0 aromatic heterocycles. The number of nitrogens with zero attached hydrogens (tertiary/aromatic N) is 2.